The van der Waals surface area contributed by atoms with Gasteiger partial charge in [-0.25, -0.2) is 14.5 Å². The van der Waals surface area contributed by atoms with Gasteiger partial charge in [0.2, 0.25) is 34.9 Å². The Morgan fingerprint density at radius 1 is 0.594 bits per heavy atom. The first-order valence-electron chi connectivity index (χ1n) is 21.6. The Balaban J connectivity index is 0.000000196. The molecule has 0 aliphatic rings. The first-order chi connectivity index (χ1) is 33.3. The minimum atomic E-state index is -0.683. The third-order valence-corrected chi connectivity index (χ3v) is 12.3. The van der Waals surface area contributed by atoms with Gasteiger partial charge in [-0.15, -0.1) is 20.4 Å². The lowest BCUT2D eigenvalue weighted by atomic mass is 9.92. The third kappa shape index (κ3) is 13.4. The molecule has 4 atom stereocenters. The molecule has 2 aromatic heterocycles. The fourth-order valence-electron chi connectivity index (χ4n) is 7.05. The van der Waals surface area contributed by atoms with Crippen molar-refractivity contribution in [2.24, 2.45) is 0 Å². The molecule has 8 rings (SSSR count). The van der Waals surface area contributed by atoms with E-state index in [0.29, 0.717) is 69.0 Å². The number of hydrogen-bond donors (Lipinski definition) is 1. The van der Waals surface area contributed by atoms with Crippen LogP contribution in [0.15, 0.2) is 154 Å². The molecule has 2 heterocycles. The van der Waals surface area contributed by atoms with Crippen LogP contribution in [0.4, 0.5) is 11.4 Å². The SMILES string of the molecule is O=C(Cl)c1ccccc1.[C-]#[N+]c1ccc(C[C@@H](c2nnc(-c3ccccc3)o2)[C@H](C)O)c(C)c1Cl.[C-]#[N+]c1ccc(C[C@@H](c2nnc(-c3ccccc3)o2)[C@H](C)OC(=O)c2ccccc2)c(C)c1Cl. The van der Waals surface area contributed by atoms with Crippen LogP contribution in [0, 0.1) is 27.0 Å². The highest BCUT2D eigenvalue weighted by Gasteiger charge is 2.30. The van der Waals surface area contributed by atoms with Gasteiger partial charge in [0.05, 0.1) is 46.7 Å². The van der Waals surface area contributed by atoms with Crippen LogP contribution < -0.4 is 0 Å². The van der Waals surface area contributed by atoms with Crippen LogP contribution in [-0.2, 0) is 17.6 Å². The Morgan fingerprint density at radius 3 is 1.38 bits per heavy atom. The van der Waals surface area contributed by atoms with Gasteiger partial charge in [0, 0.05) is 16.7 Å². The summed E-state index contributed by atoms with van der Waals surface area (Å²) in [5, 5.41) is 27.4. The van der Waals surface area contributed by atoms with E-state index in [9.17, 15) is 14.7 Å². The summed E-state index contributed by atoms with van der Waals surface area (Å²) in [4.78, 5) is 30.0. The monoisotopic (exact) mass is 978 g/mol. The van der Waals surface area contributed by atoms with E-state index in [0.717, 1.165) is 33.4 Å². The van der Waals surface area contributed by atoms with E-state index in [4.69, 9.17) is 61.5 Å². The molecule has 0 unspecified atom stereocenters. The predicted molar refractivity (Wildman–Crippen MR) is 267 cm³/mol. The van der Waals surface area contributed by atoms with Gasteiger partial charge < -0.3 is 18.7 Å². The lowest BCUT2D eigenvalue weighted by Crippen LogP contribution is -2.25. The fourth-order valence-corrected chi connectivity index (χ4v) is 7.63. The molecule has 0 amide bonds. The first kappa shape index (κ1) is 51.0. The summed E-state index contributed by atoms with van der Waals surface area (Å²) in [6, 6.07) is 43.6. The molecule has 0 saturated carbocycles. The van der Waals surface area contributed by atoms with E-state index < -0.39 is 29.3 Å². The van der Waals surface area contributed by atoms with Crippen molar-refractivity contribution in [1.29, 1.82) is 0 Å². The van der Waals surface area contributed by atoms with Crippen LogP contribution in [0.3, 0.4) is 0 Å². The Morgan fingerprint density at radius 2 is 0.986 bits per heavy atom. The number of halogens is 3. The van der Waals surface area contributed by atoms with E-state index in [1.54, 1.807) is 67.6 Å². The number of rotatable bonds is 13. The van der Waals surface area contributed by atoms with Crippen molar-refractivity contribution >= 4 is 57.4 Å². The number of carbonyl (C=O) groups excluding carboxylic acids is 2. The number of benzene rings is 6. The molecule has 0 bridgehead atoms. The summed E-state index contributed by atoms with van der Waals surface area (Å²) in [6.07, 6.45) is -0.338. The summed E-state index contributed by atoms with van der Waals surface area (Å²) < 4.78 is 17.7. The molecule has 69 heavy (non-hydrogen) atoms. The molecule has 0 spiro atoms. The Labute approximate surface area is 415 Å². The molecule has 0 saturated heterocycles. The van der Waals surface area contributed by atoms with Crippen molar-refractivity contribution in [3.8, 4) is 22.9 Å². The topological polar surface area (TPSA) is 150 Å². The highest BCUT2D eigenvalue weighted by atomic mass is 35.5. The zero-order chi connectivity index (χ0) is 49.5. The zero-order valence-electron chi connectivity index (χ0n) is 37.9. The quantitative estimate of drug-likeness (QED) is 0.0672. The normalized spacial score (nSPS) is 12.3. The number of aromatic nitrogens is 4. The fraction of sp³-hybridized carbons (Fsp3) is 0.185. The summed E-state index contributed by atoms with van der Waals surface area (Å²) in [7, 11) is 0. The van der Waals surface area contributed by atoms with Crippen molar-refractivity contribution in [2.45, 2.75) is 64.6 Å². The van der Waals surface area contributed by atoms with Gasteiger partial charge in [-0.1, -0.05) is 132 Å². The maximum absolute atomic E-state index is 12.7. The summed E-state index contributed by atoms with van der Waals surface area (Å²) in [6.45, 7) is 21.7. The molecular weight excluding hydrogens is 935 g/mol. The second kappa shape index (κ2) is 24.5. The average Bonchev–Trinajstić information content (AvgIpc) is 4.08. The van der Waals surface area contributed by atoms with Gasteiger partial charge in [-0.3, -0.25) is 4.79 Å². The number of aliphatic hydroxyl groups excluding tert-OH is 1. The number of carbonyl (C=O) groups is 2. The number of hydrogen-bond acceptors (Lipinski definition) is 10. The van der Waals surface area contributed by atoms with Crippen LogP contribution in [-0.4, -0.2) is 48.9 Å². The van der Waals surface area contributed by atoms with Gasteiger partial charge in [0.25, 0.3) is 5.24 Å². The van der Waals surface area contributed by atoms with E-state index in [2.05, 4.69) is 30.1 Å². The Hall–Kier alpha value is -7.45. The maximum Gasteiger partial charge on any atom is 0.338 e. The van der Waals surface area contributed by atoms with E-state index in [-0.39, 0.29) is 5.92 Å². The molecular formula is C54H45Cl3N6O6. The minimum Gasteiger partial charge on any atom is -0.458 e. The number of aliphatic hydroxyl groups is 1. The molecule has 0 radical (unpaired) electrons. The number of esters is 1. The molecule has 348 valence electrons. The van der Waals surface area contributed by atoms with Crippen molar-refractivity contribution in [2.75, 3.05) is 0 Å². The van der Waals surface area contributed by atoms with Gasteiger partial charge in [-0.05, 0) is 111 Å². The van der Waals surface area contributed by atoms with Gasteiger partial charge in [0.15, 0.2) is 0 Å². The minimum absolute atomic E-state index is 0.358. The van der Waals surface area contributed by atoms with Crippen LogP contribution in [0.5, 0.6) is 0 Å². The van der Waals surface area contributed by atoms with E-state index in [1.807, 2.05) is 106 Å². The number of nitrogens with zero attached hydrogens (tertiary/aromatic N) is 6. The highest BCUT2D eigenvalue weighted by molar-refractivity contribution is 6.67. The van der Waals surface area contributed by atoms with Crippen LogP contribution in [0.2, 0.25) is 10.0 Å². The molecule has 0 aliphatic heterocycles. The van der Waals surface area contributed by atoms with E-state index >= 15 is 0 Å². The molecule has 0 aliphatic carbocycles. The van der Waals surface area contributed by atoms with Crippen molar-refractivity contribution in [3.63, 3.8) is 0 Å². The largest absolute Gasteiger partial charge is 0.458 e. The smallest absolute Gasteiger partial charge is 0.338 e. The standard InChI is InChI=1S/C27H22ClN3O3.C20H18ClN3O2.C7H5ClO/c1-17-21(14-15-23(29-3)24(17)28)16-22(18(2)33-27(32)20-12-8-5-9-13-20)26-31-30-25(34-26)19-10-6-4-7-11-19;1-12-15(9-10-17(22-3)18(12)21)11-16(13(2)25)20-24-23-19(26-20)14-7-5-4-6-8-14;8-7(9)6-4-2-1-3-5-6/h4-15,18,22H,16H2,1-2H3;4-10,13,16,25H,11H2,1-2H3;1-5H/t18-,22+;13-,16+;/m00./s1. The van der Waals surface area contributed by atoms with Crippen LogP contribution in [0.25, 0.3) is 32.6 Å². The maximum atomic E-state index is 12.7. The third-order valence-electron chi connectivity index (χ3n) is 11.1. The van der Waals surface area contributed by atoms with Crippen molar-refractivity contribution in [3.05, 3.63) is 224 Å². The Bertz CT molecular complexity index is 3060. The summed E-state index contributed by atoms with van der Waals surface area (Å²) in [5.41, 5.74) is 6.92. The molecule has 1 N–H and O–H groups in total. The van der Waals surface area contributed by atoms with Crippen LogP contribution in [0.1, 0.15) is 80.4 Å². The average molecular weight is 980 g/mol. The zero-order valence-corrected chi connectivity index (χ0v) is 40.2. The van der Waals surface area contributed by atoms with Crippen LogP contribution >= 0.6 is 34.8 Å². The lowest BCUT2D eigenvalue weighted by molar-refractivity contribution is 0.0259. The molecule has 6 aromatic carbocycles. The predicted octanol–water partition coefficient (Wildman–Crippen LogP) is 13.8. The molecule has 12 nitrogen and oxygen atoms in total. The van der Waals surface area contributed by atoms with Gasteiger partial charge in [0.1, 0.15) is 6.10 Å². The van der Waals surface area contributed by atoms with Gasteiger partial charge in [-0.2, -0.15) is 0 Å². The molecule has 8 aromatic rings. The Kier molecular flexibility index (Phi) is 18.1. The van der Waals surface area contributed by atoms with E-state index in [1.165, 1.54) is 0 Å². The van der Waals surface area contributed by atoms with Crippen molar-refractivity contribution < 1.29 is 28.3 Å². The first-order valence-corrected chi connectivity index (χ1v) is 22.7. The summed E-state index contributed by atoms with van der Waals surface area (Å²) >= 11 is 17.8. The molecule has 0 fully saturated rings. The van der Waals surface area contributed by atoms with Crippen molar-refractivity contribution in [1.82, 2.24) is 20.4 Å². The summed E-state index contributed by atoms with van der Waals surface area (Å²) in [5.74, 6) is 0.323. The second-order valence-corrected chi connectivity index (χ2v) is 16.8. The number of ether oxygens (including phenoxy) is 1. The highest BCUT2D eigenvalue weighted by Crippen LogP contribution is 2.36. The second-order valence-electron chi connectivity index (χ2n) is 15.7. The van der Waals surface area contributed by atoms with Gasteiger partial charge >= 0.3 is 5.97 Å². The lowest BCUT2D eigenvalue weighted by Gasteiger charge is -2.22. The molecule has 15 heteroatoms.